The highest BCUT2D eigenvalue weighted by molar-refractivity contribution is 7.09. The van der Waals surface area contributed by atoms with E-state index in [2.05, 4.69) is 4.98 Å². The number of hydrogen-bond acceptors (Lipinski definition) is 3. The highest BCUT2D eigenvalue weighted by atomic mass is 32.1. The first-order valence-electron chi connectivity index (χ1n) is 3.63. The lowest BCUT2D eigenvalue weighted by atomic mass is 10.2. The summed E-state index contributed by atoms with van der Waals surface area (Å²) in [6, 6.07) is 0. The summed E-state index contributed by atoms with van der Waals surface area (Å²) in [4.78, 5) is 3.72. The van der Waals surface area contributed by atoms with Gasteiger partial charge in [-0.2, -0.15) is 13.2 Å². The smallest absolute Gasteiger partial charge is 0.386 e. The summed E-state index contributed by atoms with van der Waals surface area (Å²) in [6.07, 6.45) is -5.15. The molecule has 1 aromatic heterocycles. The van der Waals surface area contributed by atoms with Crippen molar-refractivity contribution >= 4 is 11.3 Å². The molecule has 0 bridgehead atoms. The average molecular weight is 211 g/mol. The molecule has 0 spiro atoms. The lowest BCUT2D eigenvalue weighted by molar-refractivity contribution is -0.140. The van der Waals surface area contributed by atoms with Crippen molar-refractivity contribution in [2.75, 3.05) is 0 Å². The maximum absolute atomic E-state index is 11.7. The van der Waals surface area contributed by atoms with Gasteiger partial charge in [0.05, 0.1) is 0 Å². The Kier molecular flexibility index (Phi) is 3.27. The first kappa shape index (κ1) is 10.5. The van der Waals surface area contributed by atoms with Crippen molar-refractivity contribution in [1.29, 1.82) is 0 Å². The van der Waals surface area contributed by atoms with Gasteiger partial charge >= 0.3 is 6.18 Å². The van der Waals surface area contributed by atoms with Gasteiger partial charge in [-0.3, -0.25) is 0 Å². The summed E-state index contributed by atoms with van der Waals surface area (Å²) < 4.78 is 35.2. The zero-order chi connectivity index (χ0) is 9.90. The van der Waals surface area contributed by atoms with Crippen LogP contribution in [0.15, 0.2) is 11.6 Å². The SMILES string of the molecule is OC(CCC(F)(F)F)c1nccs1. The van der Waals surface area contributed by atoms with Crippen LogP contribution in [0.1, 0.15) is 24.0 Å². The zero-order valence-corrected chi connectivity index (χ0v) is 7.40. The van der Waals surface area contributed by atoms with Crippen LogP contribution in [0.5, 0.6) is 0 Å². The number of aromatic nitrogens is 1. The van der Waals surface area contributed by atoms with Gasteiger partial charge in [0.25, 0.3) is 0 Å². The molecule has 0 aliphatic rings. The van der Waals surface area contributed by atoms with E-state index in [4.69, 9.17) is 0 Å². The molecule has 1 rings (SSSR count). The Morgan fingerprint density at radius 3 is 2.69 bits per heavy atom. The van der Waals surface area contributed by atoms with E-state index in [0.717, 1.165) is 11.3 Å². The first-order chi connectivity index (χ1) is 5.99. The molecule has 0 fully saturated rings. The summed E-state index contributed by atoms with van der Waals surface area (Å²) in [5, 5.41) is 11.2. The number of hydrogen-bond donors (Lipinski definition) is 1. The van der Waals surface area contributed by atoms with E-state index in [9.17, 15) is 18.3 Å². The summed E-state index contributed by atoms with van der Waals surface area (Å²) in [6.45, 7) is 0. The molecule has 6 heteroatoms. The first-order valence-corrected chi connectivity index (χ1v) is 4.51. The van der Waals surface area contributed by atoms with Crippen LogP contribution in [0.4, 0.5) is 13.2 Å². The van der Waals surface area contributed by atoms with Gasteiger partial charge in [0.2, 0.25) is 0 Å². The molecule has 0 saturated carbocycles. The highest BCUT2D eigenvalue weighted by Gasteiger charge is 2.28. The van der Waals surface area contributed by atoms with Crippen molar-refractivity contribution in [2.45, 2.75) is 25.1 Å². The predicted molar refractivity (Wildman–Crippen MR) is 42.4 cm³/mol. The van der Waals surface area contributed by atoms with Gasteiger partial charge in [0, 0.05) is 18.0 Å². The Morgan fingerprint density at radius 1 is 1.54 bits per heavy atom. The monoisotopic (exact) mass is 211 g/mol. The van der Waals surface area contributed by atoms with E-state index < -0.39 is 18.7 Å². The number of thiazole rings is 1. The van der Waals surface area contributed by atoms with E-state index >= 15 is 0 Å². The molecular weight excluding hydrogens is 203 g/mol. The number of aliphatic hydroxyl groups is 1. The maximum Gasteiger partial charge on any atom is 0.389 e. The molecule has 1 N–H and O–H groups in total. The van der Waals surface area contributed by atoms with E-state index in [0.29, 0.717) is 5.01 Å². The van der Waals surface area contributed by atoms with Crippen LogP contribution in [0.25, 0.3) is 0 Å². The van der Waals surface area contributed by atoms with E-state index in [-0.39, 0.29) is 6.42 Å². The predicted octanol–water partition coefficient (Wildman–Crippen LogP) is 2.52. The van der Waals surface area contributed by atoms with Crippen LogP contribution >= 0.6 is 11.3 Å². The van der Waals surface area contributed by atoms with Gasteiger partial charge < -0.3 is 5.11 Å². The molecular formula is C7H8F3NOS. The van der Waals surface area contributed by atoms with Crippen LogP contribution in [0, 0.1) is 0 Å². The quantitative estimate of drug-likeness (QED) is 0.833. The van der Waals surface area contributed by atoms with Gasteiger partial charge in [-0.05, 0) is 6.42 Å². The van der Waals surface area contributed by atoms with Crippen molar-refractivity contribution in [3.8, 4) is 0 Å². The molecule has 1 unspecified atom stereocenters. The molecule has 0 amide bonds. The molecule has 0 radical (unpaired) electrons. The fraction of sp³-hybridized carbons (Fsp3) is 0.571. The molecule has 74 valence electrons. The second kappa shape index (κ2) is 4.06. The highest BCUT2D eigenvalue weighted by Crippen LogP contribution is 2.27. The lowest BCUT2D eigenvalue weighted by Gasteiger charge is -2.09. The van der Waals surface area contributed by atoms with E-state index in [1.165, 1.54) is 6.20 Å². The van der Waals surface area contributed by atoms with E-state index in [1.807, 2.05) is 0 Å². The van der Waals surface area contributed by atoms with Crippen LogP contribution in [-0.4, -0.2) is 16.3 Å². The molecule has 2 nitrogen and oxygen atoms in total. The summed E-state index contributed by atoms with van der Waals surface area (Å²) in [7, 11) is 0. The normalized spacial score (nSPS) is 14.5. The zero-order valence-electron chi connectivity index (χ0n) is 6.58. The molecule has 13 heavy (non-hydrogen) atoms. The Bertz CT molecular complexity index is 247. The van der Waals surface area contributed by atoms with Crippen molar-refractivity contribution in [3.05, 3.63) is 16.6 Å². The molecule has 1 aromatic rings. The maximum atomic E-state index is 11.7. The minimum Gasteiger partial charge on any atom is -0.386 e. The molecule has 0 saturated heterocycles. The van der Waals surface area contributed by atoms with Gasteiger partial charge in [-0.1, -0.05) is 0 Å². The molecule has 1 heterocycles. The van der Waals surface area contributed by atoms with Crippen LogP contribution in [-0.2, 0) is 0 Å². The fourth-order valence-corrected chi connectivity index (χ4v) is 1.48. The Balaban J connectivity index is 2.39. The molecule has 0 aliphatic carbocycles. The molecule has 0 aliphatic heterocycles. The van der Waals surface area contributed by atoms with Crippen molar-refractivity contribution < 1.29 is 18.3 Å². The van der Waals surface area contributed by atoms with Gasteiger partial charge in [-0.25, -0.2) is 4.98 Å². The van der Waals surface area contributed by atoms with Crippen LogP contribution in [0.2, 0.25) is 0 Å². The van der Waals surface area contributed by atoms with Gasteiger partial charge in [0.15, 0.2) is 0 Å². The summed E-state index contributed by atoms with van der Waals surface area (Å²) in [5.41, 5.74) is 0. The topological polar surface area (TPSA) is 33.1 Å². The van der Waals surface area contributed by atoms with Crippen molar-refractivity contribution in [2.24, 2.45) is 0 Å². The van der Waals surface area contributed by atoms with Gasteiger partial charge in [-0.15, -0.1) is 11.3 Å². The van der Waals surface area contributed by atoms with Crippen molar-refractivity contribution in [1.82, 2.24) is 4.98 Å². The lowest BCUT2D eigenvalue weighted by Crippen LogP contribution is -2.09. The number of aliphatic hydroxyl groups excluding tert-OH is 1. The number of nitrogens with zero attached hydrogens (tertiary/aromatic N) is 1. The largest absolute Gasteiger partial charge is 0.389 e. The molecule has 1 atom stereocenters. The standard InChI is InChI=1S/C7H8F3NOS/c8-7(9,10)2-1-5(12)6-11-3-4-13-6/h3-5,12H,1-2H2. The fourth-order valence-electron chi connectivity index (χ4n) is 0.823. The van der Waals surface area contributed by atoms with E-state index in [1.54, 1.807) is 5.38 Å². The van der Waals surface area contributed by atoms with Crippen LogP contribution < -0.4 is 0 Å². The minimum atomic E-state index is -4.21. The second-order valence-electron chi connectivity index (χ2n) is 2.54. The second-order valence-corrected chi connectivity index (χ2v) is 3.47. The Labute approximate surface area is 77.0 Å². The third-order valence-corrected chi connectivity index (χ3v) is 2.31. The summed E-state index contributed by atoms with van der Waals surface area (Å²) in [5.74, 6) is 0. The Hall–Kier alpha value is -0.620. The average Bonchev–Trinajstić information content (AvgIpc) is 2.50. The third-order valence-electron chi connectivity index (χ3n) is 1.44. The molecule has 0 aromatic carbocycles. The number of rotatable bonds is 3. The number of alkyl halides is 3. The van der Waals surface area contributed by atoms with Crippen molar-refractivity contribution in [3.63, 3.8) is 0 Å². The Morgan fingerprint density at radius 2 is 2.23 bits per heavy atom. The van der Waals surface area contributed by atoms with Gasteiger partial charge in [0.1, 0.15) is 11.1 Å². The van der Waals surface area contributed by atoms with Crippen LogP contribution in [0.3, 0.4) is 0 Å². The number of halogens is 3. The minimum absolute atomic E-state index is 0.322. The summed E-state index contributed by atoms with van der Waals surface area (Å²) >= 11 is 1.15. The third kappa shape index (κ3) is 3.73.